The van der Waals surface area contributed by atoms with Gasteiger partial charge < -0.3 is 5.32 Å². The standard InChI is InChI=1S/C18H23N3O2S/c1-14-13-24-18(23)21(14)12-17(22)19-10-15-6-2-3-7-16(15)11-20-8-4-5-9-20/h2-3,6-7,13H,4-5,8-12H2,1H3,(H,19,22). The summed E-state index contributed by atoms with van der Waals surface area (Å²) in [4.78, 5) is 26.2. The van der Waals surface area contributed by atoms with Crippen molar-refractivity contribution < 1.29 is 4.79 Å². The van der Waals surface area contributed by atoms with Gasteiger partial charge in [0.25, 0.3) is 0 Å². The molecule has 128 valence electrons. The van der Waals surface area contributed by atoms with E-state index < -0.39 is 0 Å². The van der Waals surface area contributed by atoms with Gasteiger partial charge in [-0.05, 0) is 44.0 Å². The third kappa shape index (κ3) is 4.13. The van der Waals surface area contributed by atoms with Crippen molar-refractivity contribution in [1.29, 1.82) is 0 Å². The van der Waals surface area contributed by atoms with Crippen LogP contribution in [0.5, 0.6) is 0 Å². The second-order valence-corrected chi connectivity index (χ2v) is 7.08. The van der Waals surface area contributed by atoms with Crippen molar-refractivity contribution in [3.8, 4) is 0 Å². The Morgan fingerprint density at radius 1 is 1.21 bits per heavy atom. The molecule has 0 atom stereocenters. The topological polar surface area (TPSA) is 54.3 Å². The van der Waals surface area contributed by atoms with Crippen LogP contribution in [0, 0.1) is 6.92 Å². The Balaban J connectivity index is 1.60. The molecule has 1 aromatic carbocycles. The number of hydrogen-bond acceptors (Lipinski definition) is 4. The van der Waals surface area contributed by atoms with Crippen LogP contribution in [0.25, 0.3) is 0 Å². The molecule has 0 saturated carbocycles. The highest BCUT2D eigenvalue weighted by Gasteiger charge is 2.14. The Morgan fingerprint density at radius 3 is 2.58 bits per heavy atom. The molecule has 5 nitrogen and oxygen atoms in total. The number of thiazole rings is 1. The van der Waals surface area contributed by atoms with Crippen LogP contribution in [0.4, 0.5) is 0 Å². The van der Waals surface area contributed by atoms with Crippen molar-refractivity contribution in [2.24, 2.45) is 0 Å². The molecule has 0 aliphatic carbocycles. The highest BCUT2D eigenvalue weighted by Crippen LogP contribution is 2.16. The molecule has 3 rings (SSSR count). The molecule has 2 aromatic rings. The predicted molar refractivity (Wildman–Crippen MR) is 96.1 cm³/mol. The third-order valence-electron chi connectivity index (χ3n) is 4.47. The minimum Gasteiger partial charge on any atom is -0.350 e. The third-order valence-corrected chi connectivity index (χ3v) is 5.35. The second kappa shape index (κ2) is 7.77. The maximum absolute atomic E-state index is 12.2. The molecular formula is C18H23N3O2S. The van der Waals surface area contributed by atoms with Gasteiger partial charge in [0.15, 0.2) is 0 Å². The number of aryl methyl sites for hydroxylation is 1. The number of aromatic nitrogens is 1. The molecule has 1 saturated heterocycles. The SMILES string of the molecule is Cc1csc(=O)n1CC(=O)NCc1ccccc1CN1CCCC1. The Kier molecular flexibility index (Phi) is 5.48. The van der Waals surface area contributed by atoms with Crippen molar-refractivity contribution in [3.05, 3.63) is 56.1 Å². The van der Waals surface area contributed by atoms with Crippen molar-refractivity contribution in [3.63, 3.8) is 0 Å². The number of benzene rings is 1. The molecule has 1 amide bonds. The molecule has 24 heavy (non-hydrogen) atoms. The number of carbonyl (C=O) groups is 1. The molecule has 1 aromatic heterocycles. The molecule has 0 radical (unpaired) electrons. The van der Waals surface area contributed by atoms with Crippen LogP contribution in [0.2, 0.25) is 0 Å². The van der Waals surface area contributed by atoms with Gasteiger partial charge in [0, 0.05) is 24.2 Å². The van der Waals surface area contributed by atoms with E-state index in [-0.39, 0.29) is 17.3 Å². The molecular weight excluding hydrogens is 322 g/mol. The second-order valence-electron chi connectivity index (χ2n) is 6.26. The van der Waals surface area contributed by atoms with E-state index >= 15 is 0 Å². The predicted octanol–water partition coefficient (Wildman–Crippen LogP) is 2.13. The number of hydrogen-bond donors (Lipinski definition) is 1. The molecule has 0 bridgehead atoms. The maximum atomic E-state index is 12.2. The van der Waals surface area contributed by atoms with Crippen LogP contribution in [0.1, 0.15) is 29.7 Å². The first-order valence-corrected chi connectivity index (χ1v) is 9.22. The quantitative estimate of drug-likeness (QED) is 0.873. The van der Waals surface area contributed by atoms with Crippen LogP contribution in [0.3, 0.4) is 0 Å². The van der Waals surface area contributed by atoms with E-state index in [0.29, 0.717) is 6.54 Å². The molecule has 6 heteroatoms. The molecule has 2 heterocycles. The van der Waals surface area contributed by atoms with Crippen LogP contribution in [-0.2, 0) is 24.4 Å². The molecule has 1 aliphatic rings. The van der Waals surface area contributed by atoms with Gasteiger partial charge in [-0.25, -0.2) is 0 Å². The van der Waals surface area contributed by atoms with Gasteiger partial charge in [-0.2, -0.15) is 0 Å². The summed E-state index contributed by atoms with van der Waals surface area (Å²) in [6, 6.07) is 8.24. The van der Waals surface area contributed by atoms with E-state index in [9.17, 15) is 9.59 Å². The summed E-state index contributed by atoms with van der Waals surface area (Å²) >= 11 is 1.13. The maximum Gasteiger partial charge on any atom is 0.307 e. The molecule has 1 N–H and O–H groups in total. The number of amides is 1. The monoisotopic (exact) mass is 345 g/mol. The average Bonchev–Trinajstić information content (AvgIpc) is 3.19. The summed E-state index contributed by atoms with van der Waals surface area (Å²) in [7, 11) is 0. The van der Waals surface area contributed by atoms with Crippen LogP contribution in [0.15, 0.2) is 34.4 Å². The van der Waals surface area contributed by atoms with Crippen molar-refractivity contribution in [2.45, 2.75) is 39.4 Å². The Bertz CT molecular complexity index is 760. The number of nitrogens with zero attached hydrogens (tertiary/aromatic N) is 2. The summed E-state index contributed by atoms with van der Waals surface area (Å²) in [6.07, 6.45) is 2.54. The summed E-state index contributed by atoms with van der Waals surface area (Å²) < 4.78 is 1.51. The Labute approximate surface area is 145 Å². The number of likely N-dealkylation sites (tertiary alicyclic amines) is 1. The molecule has 0 unspecified atom stereocenters. The minimum atomic E-state index is -0.130. The van der Waals surface area contributed by atoms with E-state index in [4.69, 9.17) is 0 Å². The highest BCUT2D eigenvalue weighted by atomic mass is 32.1. The lowest BCUT2D eigenvalue weighted by atomic mass is 10.1. The van der Waals surface area contributed by atoms with Crippen molar-refractivity contribution in [1.82, 2.24) is 14.8 Å². The fourth-order valence-electron chi connectivity index (χ4n) is 3.06. The molecule has 0 spiro atoms. The lowest BCUT2D eigenvalue weighted by molar-refractivity contribution is -0.121. The molecule has 1 aliphatic heterocycles. The van der Waals surface area contributed by atoms with E-state index in [0.717, 1.165) is 42.2 Å². The van der Waals surface area contributed by atoms with E-state index in [1.54, 1.807) is 5.38 Å². The van der Waals surface area contributed by atoms with Crippen LogP contribution in [-0.4, -0.2) is 28.5 Å². The average molecular weight is 345 g/mol. The van der Waals surface area contributed by atoms with Crippen molar-refractivity contribution >= 4 is 17.2 Å². The largest absolute Gasteiger partial charge is 0.350 e. The van der Waals surface area contributed by atoms with Gasteiger partial charge >= 0.3 is 4.87 Å². The number of rotatable bonds is 6. The van der Waals surface area contributed by atoms with E-state index in [1.165, 1.54) is 23.0 Å². The number of carbonyl (C=O) groups excluding carboxylic acids is 1. The fraction of sp³-hybridized carbons (Fsp3) is 0.444. The van der Waals surface area contributed by atoms with Gasteiger partial charge in [0.05, 0.1) is 0 Å². The van der Waals surface area contributed by atoms with Crippen LogP contribution < -0.4 is 10.2 Å². The Hall–Kier alpha value is -1.92. The first-order valence-electron chi connectivity index (χ1n) is 8.34. The van der Waals surface area contributed by atoms with E-state index in [1.807, 2.05) is 19.1 Å². The normalized spacial score (nSPS) is 14.9. The van der Waals surface area contributed by atoms with Gasteiger partial charge in [0.1, 0.15) is 6.54 Å². The zero-order valence-electron chi connectivity index (χ0n) is 14.0. The van der Waals surface area contributed by atoms with E-state index in [2.05, 4.69) is 22.3 Å². The first-order chi connectivity index (χ1) is 11.6. The summed E-state index contributed by atoms with van der Waals surface area (Å²) in [5, 5.41) is 4.72. The first kappa shape index (κ1) is 16.9. The zero-order chi connectivity index (χ0) is 16.9. The van der Waals surface area contributed by atoms with Gasteiger partial charge in [-0.3, -0.25) is 19.1 Å². The highest BCUT2D eigenvalue weighted by molar-refractivity contribution is 7.07. The van der Waals surface area contributed by atoms with Gasteiger partial charge in [-0.15, -0.1) is 0 Å². The lowest BCUT2D eigenvalue weighted by Gasteiger charge is -2.17. The lowest BCUT2D eigenvalue weighted by Crippen LogP contribution is -2.31. The summed E-state index contributed by atoms with van der Waals surface area (Å²) in [6.45, 7) is 5.68. The van der Waals surface area contributed by atoms with Gasteiger partial charge in [0.2, 0.25) is 5.91 Å². The fourth-order valence-corrected chi connectivity index (χ4v) is 3.79. The van der Waals surface area contributed by atoms with Gasteiger partial charge in [-0.1, -0.05) is 35.6 Å². The summed E-state index contributed by atoms with van der Waals surface area (Å²) in [5.41, 5.74) is 3.24. The van der Waals surface area contributed by atoms with Crippen molar-refractivity contribution in [2.75, 3.05) is 13.1 Å². The smallest absolute Gasteiger partial charge is 0.307 e. The minimum absolute atomic E-state index is 0.0858. The Morgan fingerprint density at radius 2 is 1.92 bits per heavy atom. The zero-order valence-corrected chi connectivity index (χ0v) is 14.8. The molecule has 1 fully saturated rings. The number of nitrogens with one attached hydrogen (secondary N) is 1. The van der Waals surface area contributed by atoms with Crippen LogP contribution >= 0.6 is 11.3 Å². The summed E-state index contributed by atoms with van der Waals surface area (Å²) in [5.74, 6) is -0.130.